The topological polar surface area (TPSA) is 67.4 Å². The average Bonchev–Trinajstić information content (AvgIpc) is 2.75. The smallest absolute Gasteiger partial charge is 0.251 e. The Balaban J connectivity index is 1.84. The number of nitrogens with one attached hydrogen (secondary N) is 2. The van der Waals surface area contributed by atoms with Gasteiger partial charge in [0.05, 0.1) is 7.11 Å². The predicted octanol–water partition coefficient (Wildman–Crippen LogP) is 4.33. The third-order valence-electron chi connectivity index (χ3n) is 5.13. The molecular formula is C25H30N2O3S. The van der Waals surface area contributed by atoms with Crippen LogP contribution in [0.4, 0.5) is 0 Å². The van der Waals surface area contributed by atoms with Crippen molar-refractivity contribution in [3.05, 3.63) is 70.8 Å². The number of allylic oxidation sites excluding steroid dienone is 1. The van der Waals surface area contributed by atoms with Gasteiger partial charge in [0.1, 0.15) is 5.75 Å². The Hall–Kier alpha value is -2.73. The quantitative estimate of drug-likeness (QED) is 0.365. The molecule has 0 aromatic heterocycles. The number of carbonyl (C=O) groups excluding carboxylic acids is 2. The van der Waals surface area contributed by atoms with E-state index < -0.39 is 0 Å². The van der Waals surface area contributed by atoms with E-state index in [1.165, 1.54) is 5.56 Å². The van der Waals surface area contributed by atoms with Gasteiger partial charge >= 0.3 is 0 Å². The number of thioether (sulfide) groups is 1. The van der Waals surface area contributed by atoms with Gasteiger partial charge in [0, 0.05) is 46.3 Å². The number of amides is 1. The van der Waals surface area contributed by atoms with Crippen molar-refractivity contribution in [3.8, 4) is 5.75 Å². The van der Waals surface area contributed by atoms with Gasteiger partial charge in [-0.15, -0.1) is 0 Å². The van der Waals surface area contributed by atoms with Crippen molar-refractivity contribution in [1.82, 2.24) is 10.6 Å². The summed E-state index contributed by atoms with van der Waals surface area (Å²) in [5.41, 5.74) is 3.70. The minimum Gasteiger partial charge on any atom is -0.497 e. The summed E-state index contributed by atoms with van der Waals surface area (Å²) in [5.74, 6) is 2.33. The lowest BCUT2D eigenvalue weighted by molar-refractivity contribution is 0.0956. The van der Waals surface area contributed by atoms with E-state index in [9.17, 15) is 9.59 Å². The van der Waals surface area contributed by atoms with E-state index in [4.69, 9.17) is 4.74 Å². The van der Waals surface area contributed by atoms with Gasteiger partial charge < -0.3 is 15.4 Å². The van der Waals surface area contributed by atoms with Crippen molar-refractivity contribution in [2.45, 2.75) is 32.7 Å². The lowest BCUT2D eigenvalue weighted by Gasteiger charge is -2.35. The van der Waals surface area contributed by atoms with E-state index in [1.807, 2.05) is 12.1 Å². The van der Waals surface area contributed by atoms with Crippen LogP contribution in [0.2, 0.25) is 0 Å². The van der Waals surface area contributed by atoms with Gasteiger partial charge in [0.15, 0.2) is 5.78 Å². The summed E-state index contributed by atoms with van der Waals surface area (Å²) in [7, 11) is 1.63. The van der Waals surface area contributed by atoms with Crippen molar-refractivity contribution < 1.29 is 14.3 Å². The van der Waals surface area contributed by atoms with Crippen molar-refractivity contribution in [1.29, 1.82) is 0 Å². The summed E-state index contributed by atoms with van der Waals surface area (Å²) in [6, 6.07) is 12.8. The zero-order valence-corrected chi connectivity index (χ0v) is 19.4. The summed E-state index contributed by atoms with van der Waals surface area (Å²) in [5, 5.41) is 6.39. The van der Waals surface area contributed by atoms with Crippen LogP contribution in [0.5, 0.6) is 5.75 Å². The Kier molecular flexibility index (Phi) is 7.44. The summed E-state index contributed by atoms with van der Waals surface area (Å²) < 4.78 is 5.37. The number of fused-ring (bicyclic) bond motifs is 1. The molecule has 31 heavy (non-hydrogen) atoms. The Morgan fingerprint density at radius 3 is 2.71 bits per heavy atom. The van der Waals surface area contributed by atoms with Crippen LogP contribution in [-0.2, 0) is 6.42 Å². The van der Waals surface area contributed by atoms with Crippen LogP contribution in [0.1, 0.15) is 52.6 Å². The van der Waals surface area contributed by atoms with E-state index in [0.717, 1.165) is 34.9 Å². The van der Waals surface area contributed by atoms with Crippen LogP contribution >= 0.6 is 11.8 Å². The average molecular weight is 439 g/mol. The molecule has 1 heterocycles. The molecule has 164 valence electrons. The highest BCUT2D eigenvalue weighted by Gasteiger charge is 2.28. The number of hydrogen-bond acceptors (Lipinski definition) is 5. The van der Waals surface area contributed by atoms with E-state index in [0.29, 0.717) is 17.7 Å². The molecule has 0 spiro atoms. The van der Waals surface area contributed by atoms with Crippen molar-refractivity contribution in [2.24, 2.45) is 0 Å². The van der Waals surface area contributed by atoms with Crippen molar-refractivity contribution in [3.63, 3.8) is 0 Å². The number of benzene rings is 2. The van der Waals surface area contributed by atoms with Gasteiger partial charge in [0.25, 0.3) is 5.91 Å². The van der Waals surface area contributed by atoms with Gasteiger partial charge in [-0.25, -0.2) is 0 Å². The van der Waals surface area contributed by atoms with Crippen LogP contribution in [0.25, 0.3) is 5.70 Å². The Morgan fingerprint density at radius 2 is 1.97 bits per heavy atom. The second kappa shape index (κ2) is 10.1. The second-order valence-corrected chi connectivity index (χ2v) is 9.56. The number of hydrogen-bond donors (Lipinski definition) is 2. The van der Waals surface area contributed by atoms with Gasteiger partial charge in [0.2, 0.25) is 0 Å². The monoisotopic (exact) mass is 438 g/mol. The van der Waals surface area contributed by atoms with Crippen LogP contribution in [0.3, 0.4) is 0 Å². The molecular weight excluding hydrogens is 408 g/mol. The third-order valence-corrected chi connectivity index (χ3v) is 6.03. The van der Waals surface area contributed by atoms with E-state index in [2.05, 4.69) is 37.5 Å². The highest BCUT2D eigenvalue weighted by molar-refractivity contribution is 7.99. The van der Waals surface area contributed by atoms with E-state index in [-0.39, 0.29) is 17.2 Å². The molecule has 2 aromatic carbocycles. The maximum atomic E-state index is 13.1. The first kappa shape index (κ1) is 22.9. The largest absolute Gasteiger partial charge is 0.497 e. The van der Waals surface area contributed by atoms with Crippen LogP contribution in [-0.4, -0.2) is 42.4 Å². The fourth-order valence-electron chi connectivity index (χ4n) is 3.66. The predicted molar refractivity (Wildman–Crippen MR) is 128 cm³/mol. The molecule has 2 N–H and O–H groups in total. The third kappa shape index (κ3) is 5.91. The van der Waals surface area contributed by atoms with Crippen LogP contribution in [0, 0.1) is 0 Å². The minimum absolute atomic E-state index is 0.148. The number of ketones is 1. The first-order valence-corrected chi connectivity index (χ1v) is 11.7. The first-order chi connectivity index (χ1) is 14.8. The van der Waals surface area contributed by atoms with E-state index >= 15 is 0 Å². The number of ether oxygens (including phenoxy) is 1. The fraction of sp³-hybridized carbons (Fsp3) is 0.360. The van der Waals surface area contributed by atoms with Gasteiger partial charge in [-0.1, -0.05) is 25.1 Å². The lowest BCUT2D eigenvalue weighted by Crippen LogP contribution is -2.43. The number of carbonyl (C=O) groups is 2. The molecule has 1 aliphatic heterocycles. The normalized spacial score (nSPS) is 15.7. The Labute approximate surface area is 188 Å². The molecule has 6 heteroatoms. The molecule has 0 atom stereocenters. The molecule has 5 nitrogen and oxygen atoms in total. The summed E-state index contributed by atoms with van der Waals surface area (Å²) >= 11 is 1.78. The zero-order valence-electron chi connectivity index (χ0n) is 18.6. The Morgan fingerprint density at radius 1 is 1.19 bits per heavy atom. The van der Waals surface area contributed by atoms with E-state index in [1.54, 1.807) is 49.2 Å². The summed E-state index contributed by atoms with van der Waals surface area (Å²) in [4.78, 5) is 25.5. The molecule has 0 radical (unpaired) electrons. The molecule has 0 fully saturated rings. The SMILES string of the molecule is CCSCCNC(=O)c1cccc(C(=O)/C=C2\NC(C)(C)Cc3ccc(OC)cc32)c1. The number of rotatable bonds is 8. The van der Waals surface area contributed by atoms with Crippen LogP contribution in [0.15, 0.2) is 48.5 Å². The summed E-state index contributed by atoms with van der Waals surface area (Å²) in [6.07, 6.45) is 2.47. The minimum atomic E-state index is -0.175. The van der Waals surface area contributed by atoms with Gasteiger partial charge in [-0.2, -0.15) is 11.8 Å². The van der Waals surface area contributed by atoms with Gasteiger partial charge in [-0.3, -0.25) is 9.59 Å². The first-order valence-electron chi connectivity index (χ1n) is 10.5. The standard InChI is InChI=1S/C25H30N2O3S/c1-5-31-12-11-26-24(29)18-8-6-7-17(13-18)23(28)15-22-21-14-20(30-4)10-9-19(21)16-25(2,3)27-22/h6-10,13-15,27H,5,11-12,16H2,1-4H3,(H,26,29)/b22-15-. The van der Waals surface area contributed by atoms with Gasteiger partial charge in [-0.05, 0) is 55.9 Å². The molecule has 0 saturated carbocycles. The van der Waals surface area contributed by atoms with Crippen molar-refractivity contribution in [2.75, 3.05) is 25.2 Å². The van der Waals surface area contributed by atoms with Crippen LogP contribution < -0.4 is 15.4 Å². The molecule has 0 unspecified atom stereocenters. The maximum Gasteiger partial charge on any atom is 0.251 e. The molecule has 0 saturated heterocycles. The highest BCUT2D eigenvalue weighted by atomic mass is 32.2. The maximum absolute atomic E-state index is 13.1. The molecule has 0 aliphatic carbocycles. The molecule has 0 bridgehead atoms. The zero-order chi connectivity index (χ0) is 22.4. The molecule has 1 aliphatic rings. The lowest BCUT2D eigenvalue weighted by atomic mass is 9.85. The molecule has 2 aromatic rings. The fourth-order valence-corrected chi connectivity index (χ4v) is 4.20. The molecule has 3 rings (SSSR count). The number of methoxy groups -OCH3 is 1. The molecule has 1 amide bonds. The summed E-state index contributed by atoms with van der Waals surface area (Å²) in [6.45, 7) is 6.92. The second-order valence-electron chi connectivity index (χ2n) is 8.16. The Bertz CT molecular complexity index is 998. The van der Waals surface area contributed by atoms with Crippen molar-refractivity contribution >= 4 is 29.1 Å². The highest BCUT2D eigenvalue weighted by Crippen LogP contribution is 2.32.